The molecule has 0 saturated carbocycles. The molecule has 0 saturated heterocycles. The zero-order valence-corrected chi connectivity index (χ0v) is 17.2. The molecule has 0 bridgehead atoms. The zero-order valence-electron chi connectivity index (χ0n) is 15.7. The van der Waals surface area contributed by atoms with Crippen LogP contribution in [0, 0.1) is 6.92 Å². The van der Waals surface area contributed by atoms with E-state index in [9.17, 15) is 9.90 Å². The lowest BCUT2D eigenvalue weighted by molar-refractivity contribution is -0.157. The fraction of sp³-hybridized carbons (Fsp3) is 0.136. The van der Waals surface area contributed by atoms with Crippen LogP contribution in [0.3, 0.4) is 0 Å². The Hall–Kier alpha value is -2.92. The molecule has 1 N–H and O–H groups in total. The molecule has 2 aromatic carbocycles. The molecule has 8 heteroatoms. The first-order valence-electron chi connectivity index (χ1n) is 8.55. The van der Waals surface area contributed by atoms with Gasteiger partial charge in [-0.2, -0.15) is 8.78 Å². The maximum Gasteiger partial charge on any atom is 0.335 e. The second-order valence-corrected chi connectivity index (χ2v) is 7.53. The summed E-state index contributed by atoms with van der Waals surface area (Å²) in [7, 11) is 0. The van der Waals surface area contributed by atoms with E-state index in [-0.39, 0.29) is 32.5 Å². The number of benzene rings is 2. The lowest BCUT2D eigenvalue weighted by atomic mass is 9.78. The average molecular weight is 450 g/mol. The molecule has 0 aromatic heterocycles. The highest BCUT2D eigenvalue weighted by Gasteiger charge is 2.62. The van der Waals surface area contributed by atoms with Crippen molar-refractivity contribution in [3.63, 3.8) is 0 Å². The van der Waals surface area contributed by atoms with E-state index in [4.69, 9.17) is 28.0 Å². The van der Waals surface area contributed by atoms with Gasteiger partial charge in [-0.15, -0.1) is 5.73 Å². The van der Waals surface area contributed by atoms with Crippen LogP contribution in [0.4, 0.5) is 8.78 Å². The van der Waals surface area contributed by atoms with Gasteiger partial charge in [0, 0.05) is 32.8 Å². The van der Waals surface area contributed by atoms with E-state index in [1.165, 1.54) is 36.4 Å². The van der Waals surface area contributed by atoms with Crippen LogP contribution in [0.15, 0.2) is 72.1 Å². The van der Waals surface area contributed by atoms with Crippen molar-refractivity contribution in [3.8, 4) is 0 Å². The third-order valence-electron chi connectivity index (χ3n) is 4.74. The first-order chi connectivity index (χ1) is 14.0. The van der Waals surface area contributed by atoms with Crippen LogP contribution < -0.4 is 0 Å². The second kappa shape index (κ2) is 7.73. The van der Waals surface area contributed by atoms with E-state index < -0.39 is 17.5 Å². The van der Waals surface area contributed by atoms with Gasteiger partial charge in [-0.3, -0.25) is 0 Å². The Balaban J connectivity index is 2.18. The van der Waals surface area contributed by atoms with Crippen LogP contribution in [-0.4, -0.2) is 22.7 Å². The first-order valence-corrected chi connectivity index (χ1v) is 9.30. The Bertz CT molecular complexity index is 1130. The highest BCUT2D eigenvalue weighted by atomic mass is 35.5. The number of rotatable bonds is 5. The second-order valence-electron chi connectivity index (χ2n) is 6.66. The van der Waals surface area contributed by atoms with Crippen LogP contribution in [0.25, 0.3) is 0 Å². The Morgan fingerprint density at radius 3 is 2.43 bits per heavy atom. The molecule has 0 fully saturated rings. The minimum absolute atomic E-state index is 0.0447. The molecule has 0 spiro atoms. The molecule has 3 rings (SSSR count). The van der Waals surface area contributed by atoms with E-state index in [1.54, 1.807) is 6.92 Å². The molecule has 1 heterocycles. The van der Waals surface area contributed by atoms with Gasteiger partial charge in [0.05, 0.1) is 5.56 Å². The number of carboxylic acids is 1. The van der Waals surface area contributed by atoms with Gasteiger partial charge < -0.3 is 9.94 Å². The fourth-order valence-corrected chi connectivity index (χ4v) is 3.86. The predicted octanol–water partition coefficient (Wildman–Crippen LogP) is 6.16. The fourth-order valence-electron chi connectivity index (χ4n) is 3.34. The Kier molecular flexibility index (Phi) is 5.61. The van der Waals surface area contributed by atoms with Crippen molar-refractivity contribution in [2.24, 2.45) is 5.16 Å². The summed E-state index contributed by atoms with van der Waals surface area (Å²) in [6.45, 7) is 8.65. The molecule has 1 unspecified atom stereocenters. The summed E-state index contributed by atoms with van der Waals surface area (Å²) in [5.41, 5.74) is 0.355. The molecule has 1 aliphatic rings. The molecule has 1 atom stereocenters. The minimum Gasteiger partial charge on any atom is -0.478 e. The maximum atomic E-state index is 15.3. The summed E-state index contributed by atoms with van der Waals surface area (Å²) in [6.07, 6.45) is 0.463. The number of carboxylic acid groups (broad SMARTS) is 1. The number of oxime groups is 1. The monoisotopic (exact) mass is 449 g/mol. The van der Waals surface area contributed by atoms with Crippen molar-refractivity contribution in [2.75, 3.05) is 0 Å². The molecule has 4 nitrogen and oxygen atoms in total. The molecule has 0 aliphatic carbocycles. The van der Waals surface area contributed by atoms with Gasteiger partial charge in [-0.05, 0) is 42.8 Å². The molecular formula is C22H15Cl2F2NO3. The van der Waals surface area contributed by atoms with Crippen molar-refractivity contribution in [3.05, 3.63) is 99.2 Å². The van der Waals surface area contributed by atoms with E-state index in [2.05, 4.69) is 24.0 Å². The summed E-state index contributed by atoms with van der Waals surface area (Å²) in [6, 6.07) is 8.31. The molecule has 2 aromatic rings. The molecule has 30 heavy (non-hydrogen) atoms. The SMILES string of the molecule is C=C=CC(F)(F)C1(c2cc(Cl)cc(Cl)c2)ON=C(c2ccc(C(=O)O)c(C)c2)C1=C. The minimum atomic E-state index is -3.67. The average Bonchev–Trinajstić information content (AvgIpc) is 2.99. The zero-order chi connectivity index (χ0) is 22.3. The van der Waals surface area contributed by atoms with Crippen molar-refractivity contribution >= 4 is 34.9 Å². The van der Waals surface area contributed by atoms with Crippen molar-refractivity contribution < 1.29 is 23.5 Å². The third kappa shape index (κ3) is 3.43. The van der Waals surface area contributed by atoms with Gasteiger partial charge in [0.15, 0.2) is 0 Å². The number of alkyl halides is 2. The Morgan fingerprint density at radius 1 is 1.27 bits per heavy atom. The number of aryl methyl sites for hydroxylation is 1. The van der Waals surface area contributed by atoms with Gasteiger partial charge in [-0.1, -0.05) is 47.6 Å². The number of halogens is 4. The van der Waals surface area contributed by atoms with Crippen LogP contribution in [0.5, 0.6) is 0 Å². The highest BCUT2D eigenvalue weighted by Crippen LogP contribution is 2.52. The highest BCUT2D eigenvalue weighted by molar-refractivity contribution is 6.34. The normalized spacial score (nSPS) is 18.4. The standard InChI is InChI=1S/C22H15Cl2F2NO3/c1-4-7-21(25,26)22(15-9-16(23)11-17(24)10-15)13(3)19(27-30-22)14-5-6-18(20(28)29)12(2)8-14/h5-11H,1,3H2,2H3,(H,28,29). The molecule has 0 radical (unpaired) electrons. The first kappa shape index (κ1) is 21.8. The van der Waals surface area contributed by atoms with Gasteiger partial charge >= 0.3 is 11.9 Å². The lowest BCUT2D eigenvalue weighted by Crippen LogP contribution is -2.46. The van der Waals surface area contributed by atoms with Crippen LogP contribution in [0.2, 0.25) is 10.0 Å². The molecule has 154 valence electrons. The maximum absolute atomic E-state index is 15.3. The van der Waals surface area contributed by atoms with Crippen LogP contribution in [-0.2, 0) is 10.4 Å². The van der Waals surface area contributed by atoms with Crippen molar-refractivity contribution in [2.45, 2.75) is 18.4 Å². The van der Waals surface area contributed by atoms with Crippen molar-refractivity contribution in [1.29, 1.82) is 0 Å². The van der Waals surface area contributed by atoms with E-state index in [1.807, 2.05) is 0 Å². The number of carbonyl (C=O) groups is 1. The lowest BCUT2D eigenvalue weighted by Gasteiger charge is -2.34. The van der Waals surface area contributed by atoms with Gasteiger partial charge in [0.1, 0.15) is 5.71 Å². The molecule has 1 aliphatic heterocycles. The third-order valence-corrected chi connectivity index (χ3v) is 5.17. The van der Waals surface area contributed by atoms with Crippen LogP contribution in [0.1, 0.15) is 27.0 Å². The predicted molar refractivity (Wildman–Crippen MR) is 112 cm³/mol. The largest absolute Gasteiger partial charge is 0.478 e. The Morgan fingerprint density at radius 2 is 1.90 bits per heavy atom. The van der Waals surface area contributed by atoms with Gasteiger partial charge in [-0.25, -0.2) is 4.79 Å². The topological polar surface area (TPSA) is 58.9 Å². The summed E-state index contributed by atoms with van der Waals surface area (Å²) in [4.78, 5) is 16.6. The molecular weight excluding hydrogens is 435 g/mol. The number of nitrogens with zero attached hydrogens (tertiary/aromatic N) is 1. The summed E-state index contributed by atoms with van der Waals surface area (Å²) in [5, 5.41) is 13.3. The smallest absolute Gasteiger partial charge is 0.335 e. The van der Waals surface area contributed by atoms with Gasteiger partial charge in [0.2, 0.25) is 0 Å². The number of hydrogen-bond acceptors (Lipinski definition) is 3. The number of aromatic carboxylic acids is 1. The molecule has 0 amide bonds. The van der Waals surface area contributed by atoms with E-state index >= 15 is 8.78 Å². The van der Waals surface area contributed by atoms with Gasteiger partial charge in [0.25, 0.3) is 5.60 Å². The summed E-state index contributed by atoms with van der Waals surface area (Å²) < 4.78 is 30.7. The Labute approximate surface area is 181 Å². The van der Waals surface area contributed by atoms with E-state index in [0.717, 1.165) is 0 Å². The summed E-state index contributed by atoms with van der Waals surface area (Å²) in [5.74, 6) is -4.77. The summed E-state index contributed by atoms with van der Waals surface area (Å²) >= 11 is 12.1. The van der Waals surface area contributed by atoms with Crippen molar-refractivity contribution in [1.82, 2.24) is 0 Å². The van der Waals surface area contributed by atoms with E-state index in [0.29, 0.717) is 17.2 Å². The quantitative estimate of drug-likeness (QED) is 0.555. The number of hydrogen-bond donors (Lipinski definition) is 1. The van der Waals surface area contributed by atoms with Crippen LogP contribution >= 0.6 is 23.2 Å².